The molecule has 1 aromatic rings. The van der Waals surface area contributed by atoms with Crippen molar-refractivity contribution in [3.05, 3.63) is 35.4 Å². The van der Waals surface area contributed by atoms with Gasteiger partial charge in [0.2, 0.25) is 0 Å². The van der Waals surface area contributed by atoms with Gasteiger partial charge in [0.05, 0.1) is 6.42 Å². The first kappa shape index (κ1) is 13.1. The van der Waals surface area contributed by atoms with Crippen LogP contribution in [0.2, 0.25) is 0 Å². The molecule has 2 atom stereocenters. The molecule has 3 nitrogen and oxygen atoms in total. The summed E-state index contributed by atoms with van der Waals surface area (Å²) >= 11 is 0. The number of carboxylic acid groups (broad SMARTS) is 1. The molecule has 2 rings (SSSR count). The van der Waals surface area contributed by atoms with Gasteiger partial charge in [-0.1, -0.05) is 31.2 Å². The Morgan fingerprint density at radius 3 is 2.67 bits per heavy atom. The Morgan fingerprint density at radius 1 is 1.44 bits per heavy atom. The number of hydrogen-bond acceptors (Lipinski definition) is 2. The second kappa shape index (κ2) is 5.53. The predicted octanol–water partition coefficient (Wildman–Crippen LogP) is 2.86. The third-order valence-corrected chi connectivity index (χ3v) is 3.80. The number of hydrogen-bond donors (Lipinski definition) is 2. The fraction of sp³-hybridized carbons (Fsp3) is 0.533. The lowest BCUT2D eigenvalue weighted by atomic mass is 9.84. The van der Waals surface area contributed by atoms with Gasteiger partial charge in [-0.25, -0.2) is 0 Å². The Bertz CT molecular complexity index is 426. The summed E-state index contributed by atoms with van der Waals surface area (Å²) in [4.78, 5) is 11.0. The van der Waals surface area contributed by atoms with Crippen molar-refractivity contribution in [2.24, 2.45) is 5.73 Å². The van der Waals surface area contributed by atoms with Crippen LogP contribution in [0.5, 0.6) is 0 Å². The van der Waals surface area contributed by atoms with Gasteiger partial charge in [-0.15, -0.1) is 0 Å². The van der Waals surface area contributed by atoms with Crippen molar-refractivity contribution >= 4 is 5.97 Å². The zero-order chi connectivity index (χ0) is 13.1. The van der Waals surface area contributed by atoms with E-state index in [1.807, 2.05) is 19.1 Å². The fourth-order valence-corrected chi connectivity index (χ4v) is 2.58. The van der Waals surface area contributed by atoms with Crippen LogP contribution < -0.4 is 5.73 Å². The summed E-state index contributed by atoms with van der Waals surface area (Å²) in [6.07, 6.45) is 3.37. The molecule has 1 aliphatic carbocycles. The van der Waals surface area contributed by atoms with Crippen molar-refractivity contribution in [2.45, 2.75) is 50.5 Å². The van der Waals surface area contributed by atoms with Crippen molar-refractivity contribution in [1.29, 1.82) is 0 Å². The van der Waals surface area contributed by atoms with E-state index in [1.165, 1.54) is 18.4 Å². The number of aliphatic carboxylic acids is 1. The molecular weight excluding hydrogens is 226 g/mol. The molecule has 2 unspecified atom stereocenters. The molecule has 0 radical (unpaired) electrons. The molecule has 3 N–H and O–H groups in total. The highest BCUT2D eigenvalue weighted by Crippen LogP contribution is 2.44. The quantitative estimate of drug-likeness (QED) is 0.812. The molecular formula is C15H21NO2. The number of nitrogens with two attached hydrogens (primary N) is 1. The molecule has 0 saturated heterocycles. The normalized spacial score (nSPS) is 18.3. The smallest absolute Gasteiger partial charge is 0.304 e. The monoisotopic (exact) mass is 247 g/mol. The zero-order valence-electron chi connectivity index (χ0n) is 10.8. The first-order chi connectivity index (χ1) is 8.63. The Balaban J connectivity index is 2.31. The van der Waals surface area contributed by atoms with Gasteiger partial charge in [0.15, 0.2) is 0 Å². The molecule has 98 valence electrons. The van der Waals surface area contributed by atoms with Crippen LogP contribution in [0.25, 0.3) is 0 Å². The lowest BCUT2D eigenvalue weighted by molar-refractivity contribution is -0.137. The first-order valence-corrected chi connectivity index (χ1v) is 6.69. The predicted molar refractivity (Wildman–Crippen MR) is 71.7 cm³/mol. The summed E-state index contributed by atoms with van der Waals surface area (Å²) in [6, 6.07) is 8.12. The SMILES string of the molecule is CCC(N)C(CC(=O)O)c1ccccc1C1CC1. The van der Waals surface area contributed by atoms with Crippen molar-refractivity contribution < 1.29 is 9.90 Å². The van der Waals surface area contributed by atoms with E-state index in [0.717, 1.165) is 12.0 Å². The second-order valence-corrected chi connectivity index (χ2v) is 5.18. The summed E-state index contributed by atoms with van der Waals surface area (Å²) < 4.78 is 0. The summed E-state index contributed by atoms with van der Waals surface area (Å²) in [6.45, 7) is 2.01. The van der Waals surface area contributed by atoms with Gasteiger partial charge < -0.3 is 10.8 Å². The standard InChI is InChI=1S/C15H21NO2/c1-2-14(16)13(9-15(17)18)12-6-4-3-5-11(12)10-7-8-10/h3-6,10,13-14H,2,7-9,16H2,1H3,(H,17,18). The van der Waals surface area contributed by atoms with Crippen LogP contribution in [0.1, 0.15) is 55.6 Å². The summed E-state index contributed by atoms with van der Waals surface area (Å²) in [5, 5.41) is 9.08. The van der Waals surface area contributed by atoms with Crippen molar-refractivity contribution in [2.75, 3.05) is 0 Å². The molecule has 0 bridgehead atoms. The summed E-state index contributed by atoms with van der Waals surface area (Å²) in [7, 11) is 0. The zero-order valence-corrected chi connectivity index (χ0v) is 10.8. The van der Waals surface area contributed by atoms with Crippen LogP contribution in [-0.4, -0.2) is 17.1 Å². The minimum Gasteiger partial charge on any atom is -0.481 e. The van der Waals surface area contributed by atoms with E-state index < -0.39 is 5.97 Å². The molecule has 18 heavy (non-hydrogen) atoms. The molecule has 0 aromatic heterocycles. The average molecular weight is 247 g/mol. The van der Waals surface area contributed by atoms with Gasteiger partial charge in [0.25, 0.3) is 0 Å². The van der Waals surface area contributed by atoms with E-state index in [9.17, 15) is 4.79 Å². The third-order valence-electron chi connectivity index (χ3n) is 3.80. The maximum atomic E-state index is 11.0. The van der Waals surface area contributed by atoms with E-state index in [2.05, 4.69) is 12.1 Å². The molecule has 0 heterocycles. The van der Waals surface area contributed by atoms with E-state index in [0.29, 0.717) is 5.92 Å². The fourth-order valence-electron chi connectivity index (χ4n) is 2.58. The highest BCUT2D eigenvalue weighted by molar-refractivity contribution is 5.68. The molecule has 1 aromatic carbocycles. The molecule has 1 fully saturated rings. The lowest BCUT2D eigenvalue weighted by Gasteiger charge is -2.24. The van der Waals surface area contributed by atoms with E-state index in [1.54, 1.807) is 0 Å². The number of benzene rings is 1. The second-order valence-electron chi connectivity index (χ2n) is 5.18. The average Bonchev–Trinajstić information content (AvgIpc) is 3.19. The molecule has 0 amide bonds. The first-order valence-electron chi connectivity index (χ1n) is 6.69. The molecule has 1 saturated carbocycles. The highest BCUT2D eigenvalue weighted by Gasteiger charge is 2.30. The topological polar surface area (TPSA) is 63.3 Å². The largest absolute Gasteiger partial charge is 0.481 e. The minimum atomic E-state index is -0.769. The van der Waals surface area contributed by atoms with E-state index in [-0.39, 0.29) is 18.4 Å². The van der Waals surface area contributed by atoms with Crippen LogP contribution in [0.4, 0.5) is 0 Å². The summed E-state index contributed by atoms with van der Waals surface area (Å²) in [5.41, 5.74) is 8.59. The molecule has 3 heteroatoms. The van der Waals surface area contributed by atoms with Crippen LogP contribution >= 0.6 is 0 Å². The molecule has 1 aliphatic rings. The third kappa shape index (κ3) is 2.91. The van der Waals surface area contributed by atoms with Gasteiger partial charge in [-0.3, -0.25) is 4.79 Å². The number of carbonyl (C=O) groups is 1. The number of rotatable bonds is 6. The lowest BCUT2D eigenvalue weighted by Crippen LogP contribution is -2.30. The minimum absolute atomic E-state index is 0.0655. The van der Waals surface area contributed by atoms with Gasteiger partial charge in [0, 0.05) is 12.0 Å². The Hall–Kier alpha value is -1.35. The maximum absolute atomic E-state index is 11.0. The van der Waals surface area contributed by atoms with Crippen LogP contribution in [0.3, 0.4) is 0 Å². The Labute approximate surface area is 108 Å². The van der Waals surface area contributed by atoms with Crippen molar-refractivity contribution in [3.63, 3.8) is 0 Å². The Kier molecular flexibility index (Phi) is 4.02. The van der Waals surface area contributed by atoms with Crippen molar-refractivity contribution in [1.82, 2.24) is 0 Å². The van der Waals surface area contributed by atoms with Gasteiger partial charge in [-0.05, 0) is 36.3 Å². The van der Waals surface area contributed by atoms with Crippen molar-refractivity contribution in [3.8, 4) is 0 Å². The van der Waals surface area contributed by atoms with E-state index in [4.69, 9.17) is 10.8 Å². The summed E-state index contributed by atoms with van der Waals surface area (Å²) in [5.74, 6) is -0.208. The van der Waals surface area contributed by atoms with Gasteiger partial charge in [-0.2, -0.15) is 0 Å². The van der Waals surface area contributed by atoms with Gasteiger partial charge >= 0.3 is 5.97 Å². The van der Waals surface area contributed by atoms with Crippen LogP contribution in [0.15, 0.2) is 24.3 Å². The highest BCUT2D eigenvalue weighted by atomic mass is 16.4. The molecule has 0 aliphatic heterocycles. The van der Waals surface area contributed by atoms with Gasteiger partial charge in [0.1, 0.15) is 0 Å². The van der Waals surface area contributed by atoms with Crippen LogP contribution in [-0.2, 0) is 4.79 Å². The maximum Gasteiger partial charge on any atom is 0.304 e. The molecule has 0 spiro atoms. The van der Waals surface area contributed by atoms with Crippen LogP contribution in [0, 0.1) is 0 Å². The number of carboxylic acids is 1. The van der Waals surface area contributed by atoms with E-state index >= 15 is 0 Å². The Morgan fingerprint density at radius 2 is 2.11 bits per heavy atom.